The molecule has 2 aliphatic carbocycles. The van der Waals surface area contributed by atoms with E-state index in [9.17, 15) is 4.79 Å². The predicted molar refractivity (Wildman–Crippen MR) is 64.4 cm³/mol. The van der Waals surface area contributed by atoms with Gasteiger partial charge in [0, 0.05) is 12.6 Å². The molecular weight excluding hydrogens is 216 g/mol. The van der Waals surface area contributed by atoms with Gasteiger partial charge in [-0.15, -0.1) is 0 Å². The van der Waals surface area contributed by atoms with E-state index in [1.807, 2.05) is 0 Å². The minimum absolute atomic E-state index is 0.0781. The van der Waals surface area contributed by atoms with Gasteiger partial charge in [-0.05, 0) is 32.1 Å². The summed E-state index contributed by atoms with van der Waals surface area (Å²) in [4.78, 5) is 14.6. The summed E-state index contributed by atoms with van der Waals surface area (Å²) in [5.74, 6) is 0.379. The second kappa shape index (κ2) is 4.58. The van der Waals surface area contributed by atoms with Crippen LogP contribution in [-0.2, 0) is 9.53 Å². The van der Waals surface area contributed by atoms with Gasteiger partial charge in [0.1, 0.15) is 0 Å². The number of carbonyl (C=O) groups is 1. The fourth-order valence-corrected chi connectivity index (χ4v) is 3.71. The van der Waals surface area contributed by atoms with Crippen LogP contribution in [0.25, 0.3) is 0 Å². The lowest BCUT2D eigenvalue weighted by molar-refractivity contribution is -0.148. The van der Waals surface area contributed by atoms with Crippen molar-refractivity contribution in [1.82, 2.24) is 4.90 Å². The molecule has 2 saturated carbocycles. The Bertz CT molecular complexity index is 308. The summed E-state index contributed by atoms with van der Waals surface area (Å²) in [5.41, 5.74) is 6.04. The van der Waals surface area contributed by atoms with Crippen LogP contribution in [0.1, 0.15) is 38.5 Å². The van der Waals surface area contributed by atoms with Gasteiger partial charge in [-0.25, -0.2) is 0 Å². The van der Waals surface area contributed by atoms with Crippen molar-refractivity contribution >= 4 is 5.91 Å². The van der Waals surface area contributed by atoms with E-state index in [1.165, 1.54) is 6.42 Å². The topological polar surface area (TPSA) is 55.6 Å². The van der Waals surface area contributed by atoms with E-state index < -0.39 is 0 Å². The zero-order chi connectivity index (χ0) is 11.8. The molecule has 2 N–H and O–H groups in total. The van der Waals surface area contributed by atoms with Crippen LogP contribution in [0.4, 0.5) is 0 Å². The van der Waals surface area contributed by atoms with Crippen molar-refractivity contribution in [3.8, 4) is 0 Å². The normalized spacial score (nSPS) is 41.6. The van der Waals surface area contributed by atoms with E-state index >= 15 is 0 Å². The summed E-state index contributed by atoms with van der Waals surface area (Å²) in [6.45, 7) is 1.47. The predicted octanol–water partition coefficient (Wildman–Crippen LogP) is 0.894. The molecule has 4 unspecified atom stereocenters. The Morgan fingerprint density at radius 3 is 2.76 bits per heavy atom. The molecule has 4 atom stereocenters. The zero-order valence-corrected chi connectivity index (χ0v) is 10.3. The Labute approximate surface area is 102 Å². The lowest BCUT2D eigenvalue weighted by atomic mass is 10.00. The largest absolute Gasteiger partial charge is 0.374 e. The van der Waals surface area contributed by atoms with E-state index in [2.05, 4.69) is 4.90 Å². The molecule has 0 spiro atoms. The third-order valence-electron chi connectivity index (χ3n) is 4.65. The highest BCUT2D eigenvalue weighted by molar-refractivity contribution is 5.80. The molecule has 0 aromatic heterocycles. The SMILES string of the molecule is NC1CCCC1C(=O)N1CCOC2CCCC21. The van der Waals surface area contributed by atoms with E-state index in [4.69, 9.17) is 10.5 Å². The van der Waals surface area contributed by atoms with Crippen LogP contribution in [0.15, 0.2) is 0 Å². The lowest BCUT2D eigenvalue weighted by Gasteiger charge is -2.39. The van der Waals surface area contributed by atoms with Crippen molar-refractivity contribution in [2.75, 3.05) is 13.2 Å². The number of rotatable bonds is 1. The second-order valence-corrected chi connectivity index (χ2v) is 5.64. The van der Waals surface area contributed by atoms with Gasteiger partial charge in [-0.3, -0.25) is 4.79 Å². The highest BCUT2D eigenvalue weighted by Crippen LogP contribution is 2.33. The highest BCUT2D eigenvalue weighted by Gasteiger charge is 2.42. The monoisotopic (exact) mass is 238 g/mol. The Hall–Kier alpha value is -0.610. The number of amides is 1. The summed E-state index contributed by atoms with van der Waals surface area (Å²) in [7, 11) is 0. The molecule has 1 amide bonds. The van der Waals surface area contributed by atoms with Crippen LogP contribution in [0, 0.1) is 5.92 Å². The molecule has 1 saturated heterocycles. The molecule has 0 aromatic rings. The number of morpholine rings is 1. The number of nitrogens with zero attached hydrogens (tertiary/aromatic N) is 1. The van der Waals surface area contributed by atoms with E-state index in [-0.39, 0.29) is 12.0 Å². The molecule has 0 aromatic carbocycles. The number of hydrogen-bond donors (Lipinski definition) is 1. The number of nitrogens with two attached hydrogens (primary N) is 1. The molecule has 0 radical (unpaired) electrons. The summed E-state index contributed by atoms with van der Waals surface area (Å²) < 4.78 is 5.75. The van der Waals surface area contributed by atoms with Crippen molar-refractivity contribution in [3.05, 3.63) is 0 Å². The molecule has 17 heavy (non-hydrogen) atoms. The minimum Gasteiger partial charge on any atom is -0.374 e. The standard InChI is InChI=1S/C13H22N2O2/c14-10-4-1-3-9(10)13(16)15-7-8-17-12-6-2-5-11(12)15/h9-12H,1-8,14H2. The Balaban J connectivity index is 1.72. The zero-order valence-electron chi connectivity index (χ0n) is 10.3. The fraction of sp³-hybridized carbons (Fsp3) is 0.923. The molecule has 3 aliphatic rings. The quantitative estimate of drug-likeness (QED) is 0.738. The Morgan fingerprint density at radius 1 is 1.18 bits per heavy atom. The van der Waals surface area contributed by atoms with Crippen molar-refractivity contribution in [2.24, 2.45) is 11.7 Å². The van der Waals surface area contributed by atoms with Crippen LogP contribution < -0.4 is 5.73 Å². The number of hydrogen-bond acceptors (Lipinski definition) is 3. The van der Waals surface area contributed by atoms with Gasteiger partial charge in [-0.2, -0.15) is 0 Å². The van der Waals surface area contributed by atoms with Crippen molar-refractivity contribution < 1.29 is 9.53 Å². The van der Waals surface area contributed by atoms with E-state index in [0.717, 1.165) is 38.6 Å². The Morgan fingerprint density at radius 2 is 2.00 bits per heavy atom. The van der Waals surface area contributed by atoms with Gasteiger partial charge in [0.15, 0.2) is 0 Å². The van der Waals surface area contributed by atoms with Crippen LogP contribution >= 0.6 is 0 Å². The first-order valence-corrected chi connectivity index (χ1v) is 6.95. The van der Waals surface area contributed by atoms with Crippen molar-refractivity contribution in [1.29, 1.82) is 0 Å². The lowest BCUT2D eigenvalue weighted by Crippen LogP contribution is -2.54. The van der Waals surface area contributed by atoms with E-state index in [0.29, 0.717) is 24.7 Å². The van der Waals surface area contributed by atoms with E-state index in [1.54, 1.807) is 0 Å². The molecule has 96 valence electrons. The number of carbonyl (C=O) groups excluding carboxylic acids is 1. The summed E-state index contributed by atoms with van der Waals surface area (Å²) in [5, 5.41) is 0. The molecule has 4 nitrogen and oxygen atoms in total. The van der Waals surface area contributed by atoms with Crippen LogP contribution in [0.5, 0.6) is 0 Å². The summed E-state index contributed by atoms with van der Waals surface area (Å²) >= 11 is 0. The van der Waals surface area contributed by atoms with Gasteiger partial charge in [0.2, 0.25) is 5.91 Å². The maximum atomic E-state index is 12.5. The van der Waals surface area contributed by atoms with Gasteiger partial charge >= 0.3 is 0 Å². The average molecular weight is 238 g/mol. The van der Waals surface area contributed by atoms with Gasteiger partial charge in [-0.1, -0.05) is 6.42 Å². The van der Waals surface area contributed by atoms with Gasteiger partial charge < -0.3 is 15.4 Å². The van der Waals surface area contributed by atoms with Crippen LogP contribution in [0.2, 0.25) is 0 Å². The molecule has 0 bridgehead atoms. The summed E-state index contributed by atoms with van der Waals surface area (Å²) in [6, 6.07) is 0.425. The first-order chi connectivity index (χ1) is 8.27. The maximum absolute atomic E-state index is 12.5. The van der Waals surface area contributed by atoms with Crippen molar-refractivity contribution in [3.63, 3.8) is 0 Å². The van der Waals surface area contributed by atoms with Crippen LogP contribution in [-0.4, -0.2) is 42.1 Å². The summed E-state index contributed by atoms with van der Waals surface area (Å²) in [6.07, 6.45) is 6.81. The highest BCUT2D eigenvalue weighted by atomic mass is 16.5. The second-order valence-electron chi connectivity index (χ2n) is 5.64. The Kier molecular flexibility index (Phi) is 3.09. The average Bonchev–Trinajstić information content (AvgIpc) is 2.95. The maximum Gasteiger partial charge on any atom is 0.227 e. The van der Waals surface area contributed by atoms with Crippen molar-refractivity contribution in [2.45, 2.75) is 56.7 Å². The third kappa shape index (κ3) is 1.97. The third-order valence-corrected chi connectivity index (χ3v) is 4.65. The minimum atomic E-state index is 0.0781. The van der Waals surface area contributed by atoms with Gasteiger partial charge in [0.25, 0.3) is 0 Å². The fourth-order valence-electron chi connectivity index (χ4n) is 3.71. The first-order valence-electron chi connectivity index (χ1n) is 6.95. The first kappa shape index (κ1) is 11.5. The number of ether oxygens (including phenoxy) is 1. The van der Waals surface area contributed by atoms with Gasteiger partial charge in [0.05, 0.1) is 24.7 Å². The number of fused-ring (bicyclic) bond motifs is 1. The van der Waals surface area contributed by atoms with Crippen LogP contribution in [0.3, 0.4) is 0 Å². The molecule has 4 heteroatoms. The molecule has 1 aliphatic heterocycles. The molecule has 3 rings (SSSR count). The molecule has 1 heterocycles. The molecular formula is C13H22N2O2. The smallest absolute Gasteiger partial charge is 0.227 e. The molecule has 3 fully saturated rings.